The summed E-state index contributed by atoms with van der Waals surface area (Å²) in [5.74, 6) is -0.797. The highest BCUT2D eigenvalue weighted by atomic mass is 79.9. The smallest absolute Gasteiger partial charge is 0.257 e. The van der Waals surface area contributed by atoms with E-state index in [-0.39, 0.29) is 11.5 Å². The predicted molar refractivity (Wildman–Crippen MR) is 70.5 cm³/mol. The van der Waals surface area contributed by atoms with Crippen molar-refractivity contribution in [1.29, 1.82) is 0 Å². The monoisotopic (exact) mass is 299 g/mol. The molecule has 4 heteroatoms. The number of amides is 1. The van der Waals surface area contributed by atoms with Crippen LogP contribution in [0.5, 0.6) is 0 Å². The fourth-order valence-corrected chi connectivity index (χ4v) is 1.89. The van der Waals surface area contributed by atoms with Gasteiger partial charge in [-0.25, -0.2) is 4.39 Å². The molecule has 0 bridgehead atoms. The van der Waals surface area contributed by atoms with Gasteiger partial charge >= 0.3 is 0 Å². The first kappa shape index (κ1) is 13.9. The molecular weight excluding hydrogens is 285 g/mol. The van der Waals surface area contributed by atoms with E-state index in [9.17, 15) is 9.18 Å². The number of carbonyl (C=O) groups is 1. The Hall–Kier alpha value is -1.16. The van der Waals surface area contributed by atoms with E-state index in [1.54, 1.807) is 17.0 Å². The predicted octanol–water partition coefficient (Wildman–Crippen LogP) is 3.63. The molecule has 92 valence electrons. The van der Waals surface area contributed by atoms with E-state index in [4.69, 9.17) is 0 Å². The average Bonchev–Trinajstić information content (AvgIpc) is 2.31. The Bertz CT molecular complexity index is 420. The molecule has 0 unspecified atom stereocenters. The molecule has 2 nitrogen and oxygen atoms in total. The van der Waals surface area contributed by atoms with Gasteiger partial charge in [0.15, 0.2) is 0 Å². The van der Waals surface area contributed by atoms with Crippen LogP contribution in [0.2, 0.25) is 0 Å². The van der Waals surface area contributed by atoms with Gasteiger partial charge in [-0.05, 0) is 24.6 Å². The number of halogens is 2. The van der Waals surface area contributed by atoms with E-state index in [0.29, 0.717) is 17.6 Å². The molecule has 1 aromatic carbocycles. The van der Waals surface area contributed by atoms with Gasteiger partial charge in [-0.2, -0.15) is 0 Å². The van der Waals surface area contributed by atoms with Crippen molar-refractivity contribution < 1.29 is 9.18 Å². The van der Waals surface area contributed by atoms with Crippen molar-refractivity contribution in [1.82, 2.24) is 4.90 Å². The molecule has 1 aromatic rings. The van der Waals surface area contributed by atoms with Crippen LogP contribution < -0.4 is 0 Å². The topological polar surface area (TPSA) is 20.3 Å². The van der Waals surface area contributed by atoms with E-state index in [1.165, 1.54) is 12.1 Å². The number of hydrogen-bond acceptors (Lipinski definition) is 1. The third-order valence-electron chi connectivity index (χ3n) is 2.29. The molecule has 0 aliphatic rings. The Morgan fingerprint density at radius 1 is 1.59 bits per heavy atom. The minimum atomic E-state index is -0.497. The van der Waals surface area contributed by atoms with Gasteiger partial charge in [0.05, 0.1) is 5.56 Å². The third-order valence-corrected chi connectivity index (χ3v) is 2.78. The molecule has 0 radical (unpaired) electrons. The minimum absolute atomic E-state index is 0.0923. The fraction of sp³-hybridized carbons (Fsp3) is 0.308. The summed E-state index contributed by atoms with van der Waals surface area (Å²) in [6, 6.07) is 4.36. The van der Waals surface area contributed by atoms with Crippen molar-refractivity contribution in [3.8, 4) is 0 Å². The summed E-state index contributed by atoms with van der Waals surface area (Å²) >= 11 is 3.23. The van der Waals surface area contributed by atoms with Crippen LogP contribution in [0.15, 0.2) is 35.3 Å². The van der Waals surface area contributed by atoms with Crippen molar-refractivity contribution in [3.63, 3.8) is 0 Å². The molecule has 17 heavy (non-hydrogen) atoms. The zero-order valence-electron chi connectivity index (χ0n) is 9.75. The Kier molecular flexibility index (Phi) is 5.35. The fourth-order valence-electron chi connectivity index (χ4n) is 1.53. The summed E-state index contributed by atoms with van der Waals surface area (Å²) < 4.78 is 14.3. The summed E-state index contributed by atoms with van der Waals surface area (Å²) in [6.07, 6.45) is 2.47. The van der Waals surface area contributed by atoms with Crippen molar-refractivity contribution in [2.75, 3.05) is 13.1 Å². The van der Waals surface area contributed by atoms with Crippen molar-refractivity contribution in [2.45, 2.75) is 13.3 Å². The third kappa shape index (κ3) is 3.66. The molecule has 0 saturated carbocycles. The van der Waals surface area contributed by atoms with Gasteiger partial charge in [0.25, 0.3) is 5.91 Å². The zero-order valence-corrected chi connectivity index (χ0v) is 11.3. The standard InChI is InChI=1S/C13H15BrFNO/c1-3-7-16(8-4-2)13(17)11-9-10(14)5-6-12(11)15/h3,5-6,9H,1,4,7-8H2,2H3. The van der Waals surface area contributed by atoms with Crippen LogP contribution in [0.25, 0.3) is 0 Å². The lowest BCUT2D eigenvalue weighted by molar-refractivity contribution is 0.0769. The van der Waals surface area contributed by atoms with Gasteiger partial charge in [0.1, 0.15) is 5.82 Å². The molecule has 0 aromatic heterocycles. The molecule has 0 atom stereocenters. The van der Waals surface area contributed by atoms with E-state index in [2.05, 4.69) is 22.5 Å². The second-order valence-corrected chi connectivity index (χ2v) is 4.58. The van der Waals surface area contributed by atoms with Crippen LogP contribution in [0, 0.1) is 5.82 Å². The highest BCUT2D eigenvalue weighted by molar-refractivity contribution is 9.10. The van der Waals surface area contributed by atoms with Crippen LogP contribution >= 0.6 is 15.9 Å². The lowest BCUT2D eigenvalue weighted by Crippen LogP contribution is -2.32. The van der Waals surface area contributed by atoms with Crippen molar-refractivity contribution >= 4 is 21.8 Å². The Balaban J connectivity index is 2.99. The van der Waals surface area contributed by atoms with Crippen LogP contribution in [0.1, 0.15) is 23.7 Å². The quantitative estimate of drug-likeness (QED) is 0.760. The molecular formula is C13H15BrFNO. The Labute approximate surface area is 109 Å². The molecule has 1 rings (SSSR count). The molecule has 0 aliphatic heterocycles. The highest BCUT2D eigenvalue weighted by Gasteiger charge is 2.17. The first-order valence-corrected chi connectivity index (χ1v) is 6.24. The van der Waals surface area contributed by atoms with Crippen LogP contribution in [0.4, 0.5) is 4.39 Å². The average molecular weight is 300 g/mol. The first-order valence-electron chi connectivity index (χ1n) is 5.45. The maximum atomic E-state index is 13.6. The molecule has 0 fully saturated rings. The first-order chi connectivity index (χ1) is 8.10. The van der Waals surface area contributed by atoms with E-state index in [0.717, 1.165) is 6.42 Å². The molecule has 0 saturated heterocycles. The molecule has 0 heterocycles. The Morgan fingerprint density at radius 2 is 2.29 bits per heavy atom. The zero-order chi connectivity index (χ0) is 12.8. The van der Waals surface area contributed by atoms with E-state index < -0.39 is 5.82 Å². The highest BCUT2D eigenvalue weighted by Crippen LogP contribution is 2.17. The van der Waals surface area contributed by atoms with Crippen LogP contribution in [-0.4, -0.2) is 23.9 Å². The largest absolute Gasteiger partial charge is 0.335 e. The Morgan fingerprint density at radius 3 is 2.88 bits per heavy atom. The second-order valence-electron chi connectivity index (χ2n) is 3.66. The SMILES string of the molecule is C=CCN(CCC)C(=O)c1cc(Br)ccc1F. The molecule has 0 N–H and O–H groups in total. The summed E-state index contributed by atoms with van der Waals surface area (Å²) in [5, 5.41) is 0. The van der Waals surface area contributed by atoms with Gasteiger partial charge in [-0.3, -0.25) is 4.79 Å². The van der Waals surface area contributed by atoms with Gasteiger partial charge in [0, 0.05) is 17.6 Å². The van der Waals surface area contributed by atoms with Crippen LogP contribution in [0.3, 0.4) is 0 Å². The molecule has 1 amide bonds. The van der Waals surface area contributed by atoms with Gasteiger partial charge in [-0.15, -0.1) is 6.58 Å². The lowest BCUT2D eigenvalue weighted by atomic mass is 10.2. The second kappa shape index (κ2) is 6.55. The van der Waals surface area contributed by atoms with Crippen LogP contribution in [-0.2, 0) is 0 Å². The van der Waals surface area contributed by atoms with E-state index >= 15 is 0 Å². The van der Waals surface area contributed by atoms with Gasteiger partial charge in [0.2, 0.25) is 0 Å². The normalized spacial score (nSPS) is 10.1. The number of rotatable bonds is 5. The van der Waals surface area contributed by atoms with Crippen molar-refractivity contribution in [3.05, 3.63) is 46.7 Å². The number of hydrogen-bond donors (Lipinski definition) is 0. The maximum absolute atomic E-state index is 13.6. The minimum Gasteiger partial charge on any atom is -0.335 e. The molecule has 0 spiro atoms. The lowest BCUT2D eigenvalue weighted by Gasteiger charge is -2.20. The molecule has 0 aliphatic carbocycles. The number of nitrogens with zero attached hydrogens (tertiary/aromatic N) is 1. The summed E-state index contributed by atoms with van der Waals surface area (Å²) in [5.41, 5.74) is 0.0923. The summed E-state index contributed by atoms with van der Waals surface area (Å²) in [7, 11) is 0. The summed E-state index contributed by atoms with van der Waals surface area (Å²) in [6.45, 7) is 6.60. The summed E-state index contributed by atoms with van der Waals surface area (Å²) in [4.78, 5) is 13.7. The van der Waals surface area contributed by atoms with Crippen molar-refractivity contribution in [2.24, 2.45) is 0 Å². The van der Waals surface area contributed by atoms with E-state index in [1.807, 2.05) is 6.92 Å². The number of carbonyl (C=O) groups excluding carboxylic acids is 1. The number of benzene rings is 1. The van der Waals surface area contributed by atoms with Gasteiger partial charge in [-0.1, -0.05) is 28.9 Å². The van der Waals surface area contributed by atoms with Gasteiger partial charge < -0.3 is 4.90 Å². The maximum Gasteiger partial charge on any atom is 0.257 e.